The van der Waals surface area contributed by atoms with Gasteiger partial charge in [-0.3, -0.25) is 4.98 Å². The summed E-state index contributed by atoms with van der Waals surface area (Å²) in [6.45, 7) is 9.16. The predicted octanol–water partition coefficient (Wildman–Crippen LogP) is 7.78. The number of fused-ring (bicyclic) bond motifs is 1. The molecule has 3 aromatic rings. The number of benzene rings is 2. The zero-order valence-electron chi connectivity index (χ0n) is 20.3. The highest BCUT2D eigenvalue weighted by Crippen LogP contribution is 2.28. The fraction of sp³-hybridized carbons (Fsp3) is 0.379. The third kappa shape index (κ3) is 7.77. The highest BCUT2D eigenvalue weighted by atomic mass is 19.1. The van der Waals surface area contributed by atoms with Gasteiger partial charge in [0.2, 0.25) is 0 Å². The molecule has 0 N–H and O–H groups in total. The Morgan fingerprint density at radius 3 is 2.76 bits per heavy atom. The monoisotopic (exact) mass is 462 g/mol. The van der Waals surface area contributed by atoms with E-state index in [4.69, 9.17) is 9.47 Å². The second-order valence-electron chi connectivity index (χ2n) is 8.46. The number of hydrogen-bond acceptors (Lipinski definition) is 4. The zero-order valence-corrected chi connectivity index (χ0v) is 20.3. The minimum Gasteiger partial charge on any atom is -0.489 e. The molecule has 0 radical (unpaired) electrons. The molecule has 0 saturated carbocycles. The summed E-state index contributed by atoms with van der Waals surface area (Å²) in [5.74, 6) is 0.140. The summed E-state index contributed by atoms with van der Waals surface area (Å²) in [4.78, 5) is 9.21. The molecule has 0 bridgehead atoms. The van der Waals surface area contributed by atoms with Gasteiger partial charge in [-0.05, 0) is 68.5 Å². The number of nitrogens with zero attached hydrogens (tertiary/aromatic N) is 2. The van der Waals surface area contributed by atoms with Crippen LogP contribution in [0.5, 0.6) is 5.75 Å². The average Bonchev–Trinajstić information content (AvgIpc) is 2.85. The minimum absolute atomic E-state index is 0.306. The van der Waals surface area contributed by atoms with Crippen LogP contribution in [0.15, 0.2) is 61.3 Å². The SMILES string of the molecule is C=CCOc1ccc(-c2ccc3nc(/C=C/CCCC(C)OCCCCC)cnc3c2)c(F)c1. The van der Waals surface area contributed by atoms with Crippen LogP contribution in [0.4, 0.5) is 4.39 Å². The Labute approximate surface area is 202 Å². The molecule has 1 aromatic heterocycles. The van der Waals surface area contributed by atoms with Crippen molar-refractivity contribution < 1.29 is 13.9 Å². The summed E-state index contributed by atoms with van der Waals surface area (Å²) in [5.41, 5.74) is 3.59. The summed E-state index contributed by atoms with van der Waals surface area (Å²) in [6, 6.07) is 10.5. The van der Waals surface area contributed by atoms with Crippen LogP contribution in [-0.2, 0) is 4.74 Å². The lowest BCUT2D eigenvalue weighted by Gasteiger charge is -2.11. The van der Waals surface area contributed by atoms with E-state index in [1.165, 1.54) is 18.9 Å². The summed E-state index contributed by atoms with van der Waals surface area (Å²) in [5, 5.41) is 0. The molecule has 3 rings (SSSR count). The molecule has 0 aliphatic rings. The predicted molar refractivity (Wildman–Crippen MR) is 138 cm³/mol. The highest BCUT2D eigenvalue weighted by Gasteiger charge is 2.09. The smallest absolute Gasteiger partial charge is 0.134 e. The van der Waals surface area contributed by atoms with E-state index in [-0.39, 0.29) is 5.82 Å². The van der Waals surface area contributed by atoms with Crippen molar-refractivity contribution in [1.29, 1.82) is 0 Å². The molecule has 2 aromatic carbocycles. The number of allylic oxidation sites excluding steroid dienone is 1. The van der Waals surface area contributed by atoms with E-state index >= 15 is 0 Å². The Morgan fingerprint density at radius 2 is 1.97 bits per heavy atom. The van der Waals surface area contributed by atoms with Gasteiger partial charge in [-0.1, -0.05) is 44.6 Å². The van der Waals surface area contributed by atoms with Gasteiger partial charge < -0.3 is 9.47 Å². The van der Waals surface area contributed by atoms with Gasteiger partial charge >= 0.3 is 0 Å². The van der Waals surface area contributed by atoms with Crippen molar-refractivity contribution in [2.24, 2.45) is 0 Å². The molecule has 1 unspecified atom stereocenters. The molecular weight excluding hydrogens is 427 g/mol. The van der Waals surface area contributed by atoms with Gasteiger partial charge in [0.25, 0.3) is 0 Å². The molecule has 1 atom stereocenters. The Bertz CT molecular complexity index is 1100. The number of unbranched alkanes of at least 4 members (excludes halogenated alkanes) is 3. The largest absolute Gasteiger partial charge is 0.489 e. The molecule has 4 nitrogen and oxygen atoms in total. The second kappa shape index (κ2) is 13.6. The van der Waals surface area contributed by atoms with Gasteiger partial charge in [0, 0.05) is 18.2 Å². The van der Waals surface area contributed by atoms with E-state index in [2.05, 4.69) is 36.5 Å². The molecule has 0 fully saturated rings. The lowest BCUT2D eigenvalue weighted by Crippen LogP contribution is -2.08. The van der Waals surface area contributed by atoms with Gasteiger partial charge in [-0.2, -0.15) is 0 Å². The van der Waals surface area contributed by atoms with Gasteiger partial charge in [0.05, 0.1) is 29.0 Å². The van der Waals surface area contributed by atoms with Gasteiger partial charge in [0.1, 0.15) is 18.2 Å². The molecule has 180 valence electrons. The maximum Gasteiger partial charge on any atom is 0.134 e. The van der Waals surface area contributed by atoms with E-state index < -0.39 is 0 Å². The standard InChI is InChI=1S/C29H35FN2O2/c1-4-6-10-18-33-22(3)11-8-7-9-12-24-21-31-29-19-23(13-16-28(29)32-24)26-15-14-25(20-27(26)30)34-17-5-2/h5,9,12-16,19-22H,2,4,6-8,10-11,17-18H2,1,3H3/b12-9+. The molecule has 0 aliphatic carbocycles. The highest BCUT2D eigenvalue weighted by molar-refractivity contribution is 5.82. The van der Waals surface area contributed by atoms with Crippen LogP contribution in [0.1, 0.15) is 58.1 Å². The molecule has 34 heavy (non-hydrogen) atoms. The van der Waals surface area contributed by atoms with E-state index in [9.17, 15) is 4.39 Å². The summed E-state index contributed by atoms with van der Waals surface area (Å²) >= 11 is 0. The van der Waals surface area contributed by atoms with Gasteiger partial charge in [0.15, 0.2) is 0 Å². The third-order valence-electron chi connectivity index (χ3n) is 5.60. The number of aromatic nitrogens is 2. The fourth-order valence-electron chi connectivity index (χ4n) is 3.69. The lowest BCUT2D eigenvalue weighted by atomic mass is 10.0. The van der Waals surface area contributed by atoms with E-state index in [0.29, 0.717) is 24.0 Å². The first-order valence-electron chi connectivity index (χ1n) is 12.2. The van der Waals surface area contributed by atoms with Crippen molar-refractivity contribution in [3.05, 3.63) is 72.8 Å². The van der Waals surface area contributed by atoms with Crippen molar-refractivity contribution in [2.75, 3.05) is 13.2 Å². The molecule has 1 heterocycles. The first-order chi connectivity index (χ1) is 16.6. The molecule has 5 heteroatoms. The summed E-state index contributed by atoms with van der Waals surface area (Å²) in [6.07, 6.45) is 14.6. The van der Waals surface area contributed by atoms with E-state index in [1.807, 2.05) is 24.3 Å². The van der Waals surface area contributed by atoms with Crippen molar-refractivity contribution in [2.45, 2.75) is 58.5 Å². The molecular formula is C29H35FN2O2. The van der Waals surface area contributed by atoms with Crippen molar-refractivity contribution in [1.82, 2.24) is 9.97 Å². The van der Waals surface area contributed by atoms with Crippen LogP contribution >= 0.6 is 0 Å². The van der Waals surface area contributed by atoms with Crippen LogP contribution < -0.4 is 4.74 Å². The summed E-state index contributed by atoms with van der Waals surface area (Å²) < 4.78 is 25.9. The first kappa shape index (κ1) is 25.6. The topological polar surface area (TPSA) is 44.2 Å². The minimum atomic E-state index is -0.339. The molecule has 0 spiro atoms. The molecule has 0 amide bonds. The van der Waals surface area contributed by atoms with Crippen LogP contribution in [0, 0.1) is 5.82 Å². The van der Waals surface area contributed by atoms with Crippen molar-refractivity contribution in [3.8, 4) is 16.9 Å². The summed E-state index contributed by atoms with van der Waals surface area (Å²) in [7, 11) is 0. The molecule has 0 saturated heterocycles. The maximum atomic E-state index is 14.6. The Balaban J connectivity index is 1.55. The van der Waals surface area contributed by atoms with Crippen molar-refractivity contribution in [3.63, 3.8) is 0 Å². The Morgan fingerprint density at radius 1 is 1.09 bits per heavy atom. The fourth-order valence-corrected chi connectivity index (χ4v) is 3.69. The maximum absolute atomic E-state index is 14.6. The number of rotatable bonds is 14. The van der Waals surface area contributed by atoms with Crippen LogP contribution in [0.25, 0.3) is 28.2 Å². The lowest BCUT2D eigenvalue weighted by molar-refractivity contribution is 0.0566. The normalized spacial score (nSPS) is 12.3. The zero-order chi connectivity index (χ0) is 24.2. The van der Waals surface area contributed by atoms with Crippen LogP contribution in [0.3, 0.4) is 0 Å². The van der Waals surface area contributed by atoms with Crippen LogP contribution in [-0.4, -0.2) is 29.3 Å². The average molecular weight is 463 g/mol. The Hall–Kier alpha value is -3.05. The molecule has 0 aliphatic heterocycles. The number of halogens is 1. The number of hydrogen-bond donors (Lipinski definition) is 0. The quantitative estimate of drug-likeness (QED) is 0.181. The number of ether oxygens (including phenoxy) is 2. The van der Waals surface area contributed by atoms with E-state index in [1.54, 1.807) is 24.4 Å². The Kier molecular flexibility index (Phi) is 10.2. The second-order valence-corrected chi connectivity index (χ2v) is 8.46. The first-order valence-corrected chi connectivity index (χ1v) is 12.2. The van der Waals surface area contributed by atoms with Gasteiger partial charge in [-0.25, -0.2) is 9.37 Å². The van der Waals surface area contributed by atoms with E-state index in [0.717, 1.165) is 54.6 Å². The van der Waals surface area contributed by atoms with Gasteiger partial charge in [-0.15, -0.1) is 0 Å². The third-order valence-corrected chi connectivity index (χ3v) is 5.60. The van der Waals surface area contributed by atoms with Crippen LogP contribution in [0.2, 0.25) is 0 Å². The van der Waals surface area contributed by atoms with Crippen molar-refractivity contribution >= 4 is 17.1 Å².